The van der Waals surface area contributed by atoms with E-state index < -0.39 is 6.10 Å². The number of aliphatic hydroxyl groups is 1. The van der Waals surface area contributed by atoms with Gasteiger partial charge in [0.15, 0.2) is 5.11 Å². The number of anilines is 1. The minimum absolute atomic E-state index is 0.411. The van der Waals surface area contributed by atoms with E-state index >= 15 is 0 Å². The molecule has 3 N–H and O–H groups in total. The largest absolute Gasteiger partial charge is 0.392 e. The van der Waals surface area contributed by atoms with Crippen molar-refractivity contribution in [1.82, 2.24) is 5.32 Å². The van der Waals surface area contributed by atoms with Crippen molar-refractivity contribution in [2.75, 3.05) is 11.9 Å². The second-order valence-electron chi connectivity index (χ2n) is 4.12. The van der Waals surface area contributed by atoms with Gasteiger partial charge in [-0.25, -0.2) is 0 Å². The molecule has 0 aliphatic carbocycles. The van der Waals surface area contributed by atoms with Crippen molar-refractivity contribution in [1.29, 1.82) is 0 Å². The van der Waals surface area contributed by atoms with Gasteiger partial charge in [-0.1, -0.05) is 17.7 Å². The number of rotatable bonds is 3. The van der Waals surface area contributed by atoms with Crippen LogP contribution in [0.5, 0.6) is 0 Å². The molecule has 0 heterocycles. The number of aliphatic hydroxyl groups excluding tert-OH is 1. The summed E-state index contributed by atoms with van der Waals surface area (Å²) in [6.45, 7) is 6.07. The Balaban J connectivity index is 2.72. The van der Waals surface area contributed by atoms with Gasteiger partial charge in [-0.2, -0.15) is 0 Å². The first kappa shape index (κ1) is 14.2. The maximum Gasteiger partial charge on any atom is 0.170 e. The molecule has 1 atom stereocenters. The molecule has 1 aromatic rings. The number of benzene rings is 1. The number of hydrogen-bond donors (Lipinski definition) is 3. The van der Waals surface area contributed by atoms with Crippen molar-refractivity contribution >= 4 is 34.6 Å². The third-order valence-electron chi connectivity index (χ3n) is 2.23. The van der Waals surface area contributed by atoms with Gasteiger partial charge in [0.1, 0.15) is 0 Å². The topological polar surface area (TPSA) is 44.3 Å². The van der Waals surface area contributed by atoms with Gasteiger partial charge in [-0.05, 0) is 50.2 Å². The number of thiocarbonyl (C=S) groups is 1. The number of aryl methyl sites for hydroxylation is 2. The summed E-state index contributed by atoms with van der Waals surface area (Å²) >= 11 is 11.3. The van der Waals surface area contributed by atoms with Crippen LogP contribution >= 0.6 is 23.8 Å². The lowest BCUT2D eigenvalue weighted by atomic mass is 10.1. The first-order chi connectivity index (χ1) is 7.90. The molecule has 0 radical (unpaired) electrons. The summed E-state index contributed by atoms with van der Waals surface area (Å²) in [5.74, 6) is 0. The van der Waals surface area contributed by atoms with E-state index in [0.717, 1.165) is 16.8 Å². The average Bonchev–Trinajstić information content (AvgIpc) is 2.20. The molecule has 0 aliphatic rings. The predicted octanol–water partition coefficient (Wildman–Crippen LogP) is 2.62. The van der Waals surface area contributed by atoms with Crippen LogP contribution in [0.25, 0.3) is 0 Å². The van der Waals surface area contributed by atoms with E-state index in [-0.39, 0.29) is 0 Å². The van der Waals surface area contributed by atoms with E-state index in [2.05, 4.69) is 10.6 Å². The van der Waals surface area contributed by atoms with Gasteiger partial charge in [0.05, 0.1) is 16.8 Å². The van der Waals surface area contributed by atoms with Crippen molar-refractivity contribution in [3.8, 4) is 0 Å². The molecule has 0 bridgehead atoms. The van der Waals surface area contributed by atoms with E-state index in [4.69, 9.17) is 28.9 Å². The Hall–Kier alpha value is -0.840. The lowest BCUT2D eigenvalue weighted by Crippen LogP contribution is -2.34. The Morgan fingerprint density at radius 2 is 2.12 bits per heavy atom. The van der Waals surface area contributed by atoms with Crippen LogP contribution < -0.4 is 10.6 Å². The van der Waals surface area contributed by atoms with Crippen molar-refractivity contribution in [2.24, 2.45) is 0 Å². The van der Waals surface area contributed by atoms with Gasteiger partial charge in [-0.15, -0.1) is 0 Å². The molecule has 17 heavy (non-hydrogen) atoms. The molecule has 0 fully saturated rings. The number of hydrogen-bond acceptors (Lipinski definition) is 2. The molecular weight excluding hydrogens is 256 g/mol. The summed E-state index contributed by atoms with van der Waals surface area (Å²) in [5.41, 5.74) is 2.96. The molecule has 5 heteroatoms. The Morgan fingerprint density at radius 1 is 1.47 bits per heavy atom. The zero-order chi connectivity index (χ0) is 13.0. The van der Waals surface area contributed by atoms with Crippen molar-refractivity contribution in [2.45, 2.75) is 26.9 Å². The average molecular weight is 273 g/mol. The van der Waals surface area contributed by atoms with Gasteiger partial charge >= 0.3 is 0 Å². The highest BCUT2D eigenvalue weighted by Gasteiger charge is 2.07. The summed E-state index contributed by atoms with van der Waals surface area (Å²) in [6.07, 6.45) is -0.440. The van der Waals surface area contributed by atoms with Crippen LogP contribution in [0.1, 0.15) is 18.1 Å². The van der Waals surface area contributed by atoms with E-state index in [0.29, 0.717) is 16.7 Å². The summed E-state index contributed by atoms with van der Waals surface area (Å²) in [4.78, 5) is 0. The van der Waals surface area contributed by atoms with Crippen LogP contribution in [-0.4, -0.2) is 22.9 Å². The van der Waals surface area contributed by atoms with Crippen LogP contribution in [0.3, 0.4) is 0 Å². The van der Waals surface area contributed by atoms with Gasteiger partial charge < -0.3 is 15.7 Å². The molecule has 0 spiro atoms. The molecule has 0 amide bonds. The number of halogens is 1. The van der Waals surface area contributed by atoms with E-state index in [1.807, 2.05) is 26.0 Å². The van der Waals surface area contributed by atoms with E-state index in [1.54, 1.807) is 6.92 Å². The SMILES string of the molecule is Cc1cc(C)c(NC(=S)NCC(C)O)c(Cl)c1. The van der Waals surface area contributed by atoms with Crippen molar-refractivity contribution in [3.05, 3.63) is 28.3 Å². The molecule has 0 aromatic heterocycles. The Kier molecular flexibility index (Phi) is 5.18. The first-order valence-electron chi connectivity index (χ1n) is 5.40. The van der Waals surface area contributed by atoms with Crippen LogP contribution in [0.4, 0.5) is 5.69 Å². The van der Waals surface area contributed by atoms with Gasteiger partial charge in [0, 0.05) is 6.54 Å². The zero-order valence-electron chi connectivity index (χ0n) is 10.2. The fourth-order valence-corrected chi connectivity index (χ4v) is 2.03. The fraction of sp³-hybridized carbons (Fsp3) is 0.417. The minimum Gasteiger partial charge on any atom is -0.392 e. The summed E-state index contributed by atoms with van der Waals surface area (Å²) in [5, 5.41) is 16.2. The predicted molar refractivity (Wildman–Crippen MR) is 76.8 cm³/mol. The summed E-state index contributed by atoms with van der Waals surface area (Å²) in [7, 11) is 0. The number of nitrogens with one attached hydrogen (secondary N) is 2. The summed E-state index contributed by atoms with van der Waals surface area (Å²) < 4.78 is 0. The monoisotopic (exact) mass is 272 g/mol. The molecule has 1 aromatic carbocycles. The van der Waals surface area contributed by atoms with Crippen molar-refractivity contribution in [3.63, 3.8) is 0 Å². The normalized spacial score (nSPS) is 12.1. The van der Waals surface area contributed by atoms with Crippen LogP contribution in [0.2, 0.25) is 5.02 Å². The maximum atomic E-state index is 9.14. The van der Waals surface area contributed by atoms with Gasteiger partial charge in [-0.3, -0.25) is 0 Å². The van der Waals surface area contributed by atoms with Crippen LogP contribution in [0.15, 0.2) is 12.1 Å². The Morgan fingerprint density at radius 3 is 2.65 bits per heavy atom. The maximum absolute atomic E-state index is 9.14. The van der Waals surface area contributed by atoms with Crippen molar-refractivity contribution < 1.29 is 5.11 Å². The lowest BCUT2D eigenvalue weighted by molar-refractivity contribution is 0.198. The summed E-state index contributed by atoms with van der Waals surface area (Å²) in [6, 6.07) is 3.92. The molecule has 1 rings (SSSR count). The third kappa shape index (κ3) is 4.50. The standard InChI is InChI=1S/C12H17ClN2OS/c1-7-4-8(2)11(10(13)5-7)15-12(17)14-6-9(3)16/h4-5,9,16H,6H2,1-3H3,(H2,14,15,17). The quantitative estimate of drug-likeness (QED) is 0.740. The lowest BCUT2D eigenvalue weighted by Gasteiger charge is -2.15. The molecule has 0 aliphatic heterocycles. The molecule has 94 valence electrons. The second kappa shape index (κ2) is 6.19. The van der Waals surface area contributed by atoms with Gasteiger partial charge in [0.25, 0.3) is 0 Å². The van der Waals surface area contributed by atoms with Crippen LogP contribution in [0, 0.1) is 13.8 Å². The third-order valence-corrected chi connectivity index (χ3v) is 2.77. The highest BCUT2D eigenvalue weighted by Crippen LogP contribution is 2.27. The van der Waals surface area contributed by atoms with Crippen LogP contribution in [-0.2, 0) is 0 Å². The highest BCUT2D eigenvalue weighted by atomic mass is 35.5. The fourth-order valence-electron chi connectivity index (χ4n) is 1.47. The molecular formula is C12H17ClN2OS. The minimum atomic E-state index is -0.440. The molecule has 0 saturated heterocycles. The van der Waals surface area contributed by atoms with E-state index in [9.17, 15) is 0 Å². The zero-order valence-corrected chi connectivity index (χ0v) is 11.7. The first-order valence-corrected chi connectivity index (χ1v) is 6.18. The second-order valence-corrected chi connectivity index (χ2v) is 4.94. The van der Waals surface area contributed by atoms with Gasteiger partial charge in [0.2, 0.25) is 0 Å². The molecule has 1 unspecified atom stereocenters. The molecule has 0 saturated carbocycles. The smallest absolute Gasteiger partial charge is 0.170 e. The Bertz CT molecular complexity index is 398. The van der Waals surface area contributed by atoms with E-state index in [1.165, 1.54) is 0 Å². The Labute approximate surface area is 112 Å². The highest BCUT2D eigenvalue weighted by molar-refractivity contribution is 7.80. The molecule has 3 nitrogen and oxygen atoms in total.